The third-order valence-electron chi connectivity index (χ3n) is 5.41. The van der Waals surface area contributed by atoms with Crippen LogP contribution in [0.4, 0.5) is 0 Å². The van der Waals surface area contributed by atoms with Crippen molar-refractivity contribution in [3.05, 3.63) is 77.5 Å². The summed E-state index contributed by atoms with van der Waals surface area (Å²) in [5.74, 6) is -1.22. The van der Waals surface area contributed by atoms with Crippen LogP contribution in [0.5, 0.6) is 0 Å². The summed E-state index contributed by atoms with van der Waals surface area (Å²) in [4.78, 5) is 29.2. The number of likely N-dealkylation sites (N-methyl/N-ethyl adjacent to an activating group) is 1. The Morgan fingerprint density at radius 1 is 1.16 bits per heavy atom. The fraction of sp³-hybridized carbons (Fsp3) is 0.261. The zero-order valence-electron chi connectivity index (χ0n) is 17.6. The lowest BCUT2D eigenvalue weighted by Gasteiger charge is -2.24. The summed E-state index contributed by atoms with van der Waals surface area (Å²) in [6.45, 7) is 2.69. The highest BCUT2D eigenvalue weighted by Crippen LogP contribution is 2.39. The lowest BCUT2D eigenvalue weighted by molar-refractivity contribution is -0.140. The number of benzene rings is 1. The second-order valence-electron chi connectivity index (χ2n) is 7.70. The molecule has 0 saturated carbocycles. The number of carbonyl (C=O) groups is 2. The number of para-hydroxylation sites is 1. The van der Waals surface area contributed by atoms with Gasteiger partial charge in [0.25, 0.3) is 11.7 Å². The van der Waals surface area contributed by atoms with Crippen molar-refractivity contribution in [3.8, 4) is 5.69 Å². The Morgan fingerprint density at radius 2 is 1.90 bits per heavy atom. The Labute approximate surface area is 180 Å². The van der Waals surface area contributed by atoms with Crippen molar-refractivity contribution in [2.45, 2.75) is 13.0 Å². The smallest absolute Gasteiger partial charge is 0.295 e. The maximum absolute atomic E-state index is 13.0. The average molecular weight is 420 g/mol. The predicted octanol–water partition coefficient (Wildman–Crippen LogP) is 2.76. The van der Waals surface area contributed by atoms with Crippen LogP contribution in [0.15, 0.2) is 64.9 Å². The monoisotopic (exact) mass is 420 g/mol. The topological polar surface area (TPSA) is 91.8 Å². The number of rotatable bonds is 6. The molecule has 2 aromatic heterocycles. The van der Waals surface area contributed by atoms with Gasteiger partial charge < -0.3 is 19.3 Å². The van der Waals surface area contributed by atoms with Crippen LogP contribution in [0.3, 0.4) is 0 Å². The fourth-order valence-corrected chi connectivity index (χ4v) is 3.78. The number of aliphatic hydroxyl groups excluding tert-OH is 1. The number of hydrogen-bond acceptors (Lipinski definition) is 6. The standard InChI is InChI=1S/C23H24N4O4/c1-15-17(14-24-27(15)16-8-5-4-6-9-16)21(28)19-20(18-10-7-13-31-18)26(12-11-25(2)3)23(30)22(19)29/h4-10,13-14,20,28H,11-12H2,1-3H3/b21-19-. The predicted molar refractivity (Wildman–Crippen MR) is 115 cm³/mol. The molecule has 8 heteroatoms. The van der Waals surface area contributed by atoms with Gasteiger partial charge in [-0.2, -0.15) is 5.10 Å². The molecule has 4 rings (SSSR count). The molecule has 1 N–H and O–H groups in total. The molecule has 0 radical (unpaired) electrons. The molecular weight excluding hydrogens is 396 g/mol. The molecular formula is C23H24N4O4. The van der Waals surface area contributed by atoms with Crippen molar-refractivity contribution in [1.29, 1.82) is 0 Å². The van der Waals surface area contributed by atoms with Gasteiger partial charge in [0.05, 0.1) is 35.0 Å². The first-order valence-electron chi connectivity index (χ1n) is 9.97. The molecule has 1 fully saturated rings. The van der Waals surface area contributed by atoms with E-state index in [-0.39, 0.29) is 11.3 Å². The van der Waals surface area contributed by atoms with Gasteiger partial charge in [0.1, 0.15) is 17.6 Å². The lowest BCUT2D eigenvalue weighted by Crippen LogP contribution is -2.35. The number of furan rings is 1. The second kappa shape index (κ2) is 8.23. The molecule has 1 atom stereocenters. The molecule has 1 unspecified atom stereocenters. The molecule has 160 valence electrons. The molecule has 3 heterocycles. The Kier molecular flexibility index (Phi) is 5.48. The highest BCUT2D eigenvalue weighted by atomic mass is 16.3. The number of aliphatic hydroxyl groups is 1. The van der Waals surface area contributed by atoms with E-state index in [4.69, 9.17) is 4.42 Å². The number of likely N-dealkylation sites (tertiary alicyclic amines) is 1. The lowest BCUT2D eigenvalue weighted by atomic mass is 9.99. The zero-order valence-corrected chi connectivity index (χ0v) is 17.6. The van der Waals surface area contributed by atoms with Crippen molar-refractivity contribution in [2.75, 3.05) is 27.2 Å². The summed E-state index contributed by atoms with van der Waals surface area (Å²) in [7, 11) is 3.78. The van der Waals surface area contributed by atoms with Gasteiger partial charge in [0.2, 0.25) is 0 Å². The van der Waals surface area contributed by atoms with Crippen molar-refractivity contribution < 1.29 is 19.1 Å². The fourth-order valence-electron chi connectivity index (χ4n) is 3.78. The second-order valence-corrected chi connectivity index (χ2v) is 7.70. The van der Waals surface area contributed by atoms with Gasteiger partial charge in [-0.1, -0.05) is 18.2 Å². The van der Waals surface area contributed by atoms with Crippen LogP contribution >= 0.6 is 0 Å². The largest absolute Gasteiger partial charge is 0.507 e. The Morgan fingerprint density at radius 3 is 2.55 bits per heavy atom. The van der Waals surface area contributed by atoms with Crippen LogP contribution in [0.2, 0.25) is 0 Å². The number of hydrogen-bond donors (Lipinski definition) is 1. The number of Topliss-reactive ketones (excluding diaryl/α,β-unsaturated/α-hetero) is 1. The third-order valence-corrected chi connectivity index (χ3v) is 5.41. The van der Waals surface area contributed by atoms with Crippen molar-refractivity contribution in [1.82, 2.24) is 19.6 Å². The summed E-state index contributed by atoms with van der Waals surface area (Å²) >= 11 is 0. The molecule has 1 aliphatic heterocycles. The molecule has 3 aromatic rings. The number of nitrogens with zero attached hydrogens (tertiary/aromatic N) is 4. The molecule has 8 nitrogen and oxygen atoms in total. The van der Waals surface area contributed by atoms with Gasteiger partial charge in [-0.15, -0.1) is 0 Å². The highest BCUT2D eigenvalue weighted by Gasteiger charge is 2.47. The number of carbonyl (C=O) groups excluding carboxylic acids is 2. The van der Waals surface area contributed by atoms with Crippen LogP contribution in [0.1, 0.15) is 23.1 Å². The minimum atomic E-state index is -0.797. The molecule has 0 bridgehead atoms. The summed E-state index contributed by atoms with van der Waals surface area (Å²) in [6.07, 6.45) is 2.99. The number of amides is 1. The van der Waals surface area contributed by atoms with Crippen molar-refractivity contribution >= 4 is 17.4 Å². The van der Waals surface area contributed by atoms with Gasteiger partial charge in [-0.25, -0.2) is 4.68 Å². The van der Waals surface area contributed by atoms with Crippen LogP contribution < -0.4 is 0 Å². The average Bonchev–Trinajstić information content (AvgIpc) is 3.47. The summed E-state index contributed by atoms with van der Waals surface area (Å²) < 4.78 is 7.23. The van der Waals surface area contributed by atoms with Gasteiger partial charge in [0, 0.05) is 13.1 Å². The molecule has 31 heavy (non-hydrogen) atoms. The summed E-state index contributed by atoms with van der Waals surface area (Å²) in [5.41, 5.74) is 1.88. The quantitative estimate of drug-likeness (QED) is 0.375. The molecule has 1 aromatic carbocycles. The SMILES string of the molecule is Cc1c(/C(O)=C2/C(=O)C(=O)N(CCN(C)C)C2c2ccco2)cnn1-c1ccccc1. The van der Waals surface area contributed by atoms with E-state index in [2.05, 4.69) is 5.10 Å². The van der Waals surface area contributed by atoms with Crippen LogP contribution in [0.25, 0.3) is 11.4 Å². The van der Waals surface area contributed by atoms with Gasteiger partial charge in [-0.05, 0) is 45.3 Å². The van der Waals surface area contributed by atoms with E-state index in [0.717, 1.165) is 5.69 Å². The highest BCUT2D eigenvalue weighted by molar-refractivity contribution is 6.46. The van der Waals surface area contributed by atoms with Crippen molar-refractivity contribution in [2.24, 2.45) is 0 Å². The minimum Gasteiger partial charge on any atom is -0.507 e. The first-order chi connectivity index (χ1) is 14.9. The molecule has 0 aliphatic carbocycles. The maximum Gasteiger partial charge on any atom is 0.295 e. The Bertz CT molecular complexity index is 1130. The summed E-state index contributed by atoms with van der Waals surface area (Å²) in [6, 6.07) is 12.1. The van der Waals surface area contributed by atoms with E-state index < -0.39 is 17.7 Å². The van der Waals surface area contributed by atoms with Crippen LogP contribution in [-0.4, -0.2) is 63.6 Å². The first-order valence-corrected chi connectivity index (χ1v) is 9.97. The zero-order chi connectivity index (χ0) is 22.1. The number of aromatic nitrogens is 2. The van der Waals surface area contributed by atoms with E-state index >= 15 is 0 Å². The third kappa shape index (κ3) is 3.66. The van der Waals surface area contributed by atoms with Crippen molar-refractivity contribution in [3.63, 3.8) is 0 Å². The summed E-state index contributed by atoms with van der Waals surface area (Å²) in [5, 5.41) is 15.6. The van der Waals surface area contributed by atoms with E-state index in [1.807, 2.05) is 49.3 Å². The molecule has 1 saturated heterocycles. The molecule has 1 amide bonds. The molecule has 0 spiro atoms. The Hall–Kier alpha value is -3.65. The van der Waals surface area contributed by atoms with Gasteiger partial charge >= 0.3 is 0 Å². The minimum absolute atomic E-state index is 0.00872. The van der Waals surface area contributed by atoms with E-state index in [0.29, 0.717) is 30.1 Å². The van der Waals surface area contributed by atoms with Crippen LogP contribution in [-0.2, 0) is 9.59 Å². The Balaban J connectivity index is 1.81. The number of ketones is 1. The maximum atomic E-state index is 13.0. The van der Waals surface area contributed by atoms with E-state index in [9.17, 15) is 14.7 Å². The normalized spacial score (nSPS) is 18.3. The van der Waals surface area contributed by atoms with E-state index in [1.54, 1.807) is 23.7 Å². The van der Waals surface area contributed by atoms with Gasteiger partial charge in [0.15, 0.2) is 0 Å². The molecule has 1 aliphatic rings. The first kappa shape index (κ1) is 20.6. The van der Waals surface area contributed by atoms with Crippen LogP contribution in [0, 0.1) is 6.92 Å². The van der Waals surface area contributed by atoms with E-state index in [1.165, 1.54) is 17.4 Å². The van der Waals surface area contributed by atoms with Gasteiger partial charge in [-0.3, -0.25) is 9.59 Å².